The van der Waals surface area contributed by atoms with Crippen molar-refractivity contribution < 1.29 is 24.5 Å². The van der Waals surface area contributed by atoms with Gasteiger partial charge in [-0.3, -0.25) is 4.79 Å². The van der Waals surface area contributed by atoms with Gasteiger partial charge in [0.15, 0.2) is 6.29 Å². The second kappa shape index (κ2) is 32.5. The van der Waals surface area contributed by atoms with Crippen molar-refractivity contribution in [3.8, 4) is 0 Å². The molecule has 0 amide bonds. The van der Waals surface area contributed by atoms with E-state index >= 15 is 0 Å². The maximum Gasteiger partial charge on any atom is 0.306 e. The lowest BCUT2D eigenvalue weighted by Gasteiger charge is -2.21. The molecule has 5 atom stereocenters. The summed E-state index contributed by atoms with van der Waals surface area (Å²) in [6.07, 6.45) is 36.6. The zero-order chi connectivity index (χ0) is 37.5. The van der Waals surface area contributed by atoms with Crippen LogP contribution in [0.25, 0.3) is 0 Å². The molecule has 6 nitrogen and oxygen atoms in total. The van der Waals surface area contributed by atoms with Crippen LogP contribution in [0.15, 0.2) is 0 Å². The molecule has 2 aliphatic carbocycles. The molecule has 2 rings (SSSR count). The molecule has 2 N–H and O–H groups in total. The SMILES string of the molecule is CCCCCCCCCOC(O)CCCCCCCN(CCO)CCCCCCCC(=O)OC(CCC1CC1CCCC)CCC1CC1CCCC. The van der Waals surface area contributed by atoms with Crippen LogP contribution in [0.3, 0.4) is 0 Å². The first kappa shape index (κ1) is 47.5. The van der Waals surface area contributed by atoms with Crippen LogP contribution in [0.4, 0.5) is 0 Å². The predicted molar refractivity (Wildman–Crippen MR) is 219 cm³/mol. The van der Waals surface area contributed by atoms with Crippen LogP contribution < -0.4 is 0 Å². The number of rotatable bonds is 40. The third-order valence-corrected chi connectivity index (χ3v) is 12.3. The Bertz CT molecular complexity index is 784. The van der Waals surface area contributed by atoms with Crippen molar-refractivity contribution in [2.24, 2.45) is 23.7 Å². The van der Waals surface area contributed by atoms with E-state index in [9.17, 15) is 15.0 Å². The molecule has 0 bridgehead atoms. The van der Waals surface area contributed by atoms with E-state index in [2.05, 4.69) is 25.7 Å². The lowest BCUT2D eigenvalue weighted by Crippen LogP contribution is -2.29. The molecule has 308 valence electrons. The van der Waals surface area contributed by atoms with Gasteiger partial charge in [-0.25, -0.2) is 0 Å². The number of esters is 1. The zero-order valence-electron chi connectivity index (χ0n) is 35.0. The van der Waals surface area contributed by atoms with Gasteiger partial charge in [0.05, 0.1) is 6.61 Å². The molecule has 2 saturated carbocycles. The Morgan fingerprint density at radius 1 is 0.577 bits per heavy atom. The highest BCUT2D eigenvalue weighted by Crippen LogP contribution is 2.47. The van der Waals surface area contributed by atoms with E-state index < -0.39 is 6.29 Å². The van der Waals surface area contributed by atoms with Gasteiger partial charge in [-0.2, -0.15) is 0 Å². The lowest BCUT2D eigenvalue weighted by molar-refractivity contribution is -0.150. The van der Waals surface area contributed by atoms with E-state index in [-0.39, 0.29) is 18.7 Å². The van der Waals surface area contributed by atoms with E-state index in [1.54, 1.807) is 0 Å². The average Bonchev–Trinajstić information content (AvgIpc) is 4.07. The fraction of sp³-hybridized carbons (Fsp3) is 0.978. The van der Waals surface area contributed by atoms with Gasteiger partial charge in [0, 0.05) is 19.6 Å². The molecule has 52 heavy (non-hydrogen) atoms. The molecule has 0 aliphatic heterocycles. The average molecular weight is 736 g/mol. The molecular formula is C46H89NO5. The van der Waals surface area contributed by atoms with Crippen molar-refractivity contribution in [1.82, 2.24) is 4.90 Å². The number of aliphatic hydroxyl groups is 2. The first-order valence-electron chi connectivity index (χ1n) is 23.3. The summed E-state index contributed by atoms with van der Waals surface area (Å²) >= 11 is 0. The minimum atomic E-state index is -0.600. The maximum absolute atomic E-state index is 12.9. The van der Waals surface area contributed by atoms with Gasteiger partial charge in [0.25, 0.3) is 0 Å². The van der Waals surface area contributed by atoms with Crippen LogP contribution in [-0.2, 0) is 14.3 Å². The Morgan fingerprint density at radius 3 is 1.62 bits per heavy atom. The molecule has 6 heteroatoms. The van der Waals surface area contributed by atoms with Gasteiger partial charge in [-0.05, 0) is 114 Å². The van der Waals surface area contributed by atoms with E-state index in [1.165, 1.54) is 135 Å². The van der Waals surface area contributed by atoms with Crippen molar-refractivity contribution in [2.45, 2.75) is 232 Å². The summed E-state index contributed by atoms with van der Waals surface area (Å²) in [6.45, 7) is 10.6. The number of hydrogen-bond acceptors (Lipinski definition) is 6. The summed E-state index contributed by atoms with van der Waals surface area (Å²) in [5, 5.41) is 19.7. The summed E-state index contributed by atoms with van der Waals surface area (Å²) in [6, 6.07) is 0. The maximum atomic E-state index is 12.9. The van der Waals surface area contributed by atoms with Gasteiger partial charge in [-0.15, -0.1) is 0 Å². The van der Waals surface area contributed by atoms with E-state index in [1.807, 2.05) is 0 Å². The van der Waals surface area contributed by atoms with Crippen LogP contribution in [0.2, 0.25) is 0 Å². The fourth-order valence-corrected chi connectivity index (χ4v) is 8.43. The van der Waals surface area contributed by atoms with Crippen LogP contribution in [0.5, 0.6) is 0 Å². The first-order chi connectivity index (χ1) is 25.5. The largest absolute Gasteiger partial charge is 0.462 e. The highest BCUT2D eigenvalue weighted by molar-refractivity contribution is 5.69. The minimum absolute atomic E-state index is 0.0408. The van der Waals surface area contributed by atoms with Crippen LogP contribution in [0, 0.1) is 23.7 Å². The van der Waals surface area contributed by atoms with Crippen molar-refractivity contribution in [2.75, 3.05) is 32.8 Å². The molecule has 2 aliphatic rings. The fourth-order valence-electron chi connectivity index (χ4n) is 8.43. The quantitative estimate of drug-likeness (QED) is 0.0370. The van der Waals surface area contributed by atoms with Crippen molar-refractivity contribution in [3.05, 3.63) is 0 Å². The highest BCUT2D eigenvalue weighted by atomic mass is 16.6. The predicted octanol–water partition coefficient (Wildman–Crippen LogP) is 12.2. The lowest BCUT2D eigenvalue weighted by atomic mass is 10.0. The second-order valence-corrected chi connectivity index (χ2v) is 17.1. The Morgan fingerprint density at radius 2 is 1.06 bits per heavy atom. The molecule has 0 aromatic carbocycles. The molecule has 0 aromatic rings. The monoisotopic (exact) mass is 736 g/mol. The van der Waals surface area contributed by atoms with Gasteiger partial charge in [0.1, 0.15) is 6.10 Å². The van der Waals surface area contributed by atoms with E-state index in [4.69, 9.17) is 9.47 Å². The van der Waals surface area contributed by atoms with Crippen LogP contribution >= 0.6 is 0 Å². The Kier molecular flexibility index (Phi) is 29.7. The van der Waals surface area contributed by atoms with Gasteiger partial charge >= 0.3 is 5.97 Å². The third kappa shape index (κ3) is 26.2. The Labute approximate surface area is 323 Å². The summed E-state index contributed by atoms with van der Waals surface area (Å²) < 4.78 is 11.8. The molecular weight excluding hydrogens is 647 g/mol. The topological polar surface area (TPSA) is 79.2 Å². The van der Waals surface area contributed by atoms with E-state index in [0.29, 0.717) is 13.0 Å². The van der Waals surface area contributed by atoms with Crippen LogP contribution in [-0.4, -0.2) is 66.3 Å². The Balaban J connectivity index is 1.47. The minimum Gasteiger partial charge on any atom is -0.462 e. The molecule has 0 saturated heterocycles. The summed E-state index contributed by atoms with van der Waals surface area (Å²) in [7, 11) is 0. The Hall–Kier alpha value is -0.690. The number of ether oxygens (including phenoxy) is 2. The number of nitrogens with zero attached hydrogens (tertiary/aromatic N) is 1. The summed E-state index contributed by atoms with van der Waals surface area (Å²) in [4.78, 5) is 15.3. The molecule has 0 heterocycles. The number of hydrogen-bond donors (Lipinski definition) is 2. The standard InChI is InChI=1S/C46H89NO5/c1-4-7-10-11-12-19-24-37-51-45(49)27-20-15-13-17-22-33-47(35-36-48)34-23-18-14-16-21-28-46(50)52-44(31-29-42-38-40(42)25-8-5-2)32-30-43-39-41(43)26-9-6-3/h40-45,48-49H,4-39H2,1-3H3. The zero-order valence-corrected chi connectivity index (χ0v) is 35.0. The van der Waals surface area contributed by atoms with Crippen molar-refractivity contribution >= 4 is 5.97 Å². The molecule has 0 radical (unpaired) electrons. The molecule has 5 unspecified atom stereocenters. The normalized spacial score (nSPS) is 20.7. The van der Waals surface area contributed by atoms with E-state index in [0.717, 1.165) is 101 Å². The number of carbonyl (C=O) groups excluding carboxylic acids is 1. The van der Waals surface area contributed by atoms with Crippen LogP contribution in [0.1, 0.15) is 220 Å². The van der Waals surface area contributed by atoms with Gasteiger partial charge in [-0.1, -0.05) is 136 Å². The smallest absolute Gasteiger partial charge is 0.306 e. The summed E-state index contributed by atoms with van der Waals surface area (Å²) in [5.74, 6) is 3.71. The van der Waals surface area contributed by atoms with Gasteiger partial charge in [0.2, 0.25) is 0 Å². The van der Waals surface area contributed by atoms with Gasteiger partial charge < -0.3 is 24.6 Å². The number of carbonyl (C=O) groups is 1. The van der Waals surface area contributed by atoms with Crippen molar-refractivity contribution in [1.29, 1.82) is 0 Å². The molecule has 0 aromatic heterocycles. The van der Waals surface area contributed by atoms with Crippen molar-refractivity contribution in [3.63, 3.8) is 0 Å². The number of aliphatic hydroxyl groups excluding tert-OH is 2. The first-order valence-corrected chi connectivity index (χ1v) is 23.3. The third-order valence-electron chi connectivity index (χ3n) is 12.3. The molecule has 0 spiro atoms. The molecule has 2 fully saturated rings. The highest BCUT2D eigenvalue weighted by Gasteiger charge is 2.38. The summed E-state index contributed by atoms with van der Waals surface area (Å²) in [5.41, 5.74) is 0. The second-order valence-electron chi connectivity index (χ2n) is 17.1. The number of unbranched alkanes of at least 4 members (excludes halogenated alkanes) is 16.